The summed E-state index contributed by atoms with van der Waals surface area (Å²) in [4.78, 5) is 13.8. The summed E-state index contributed by atoms with van der Waals surface area (Å²) in [5, 5.41) is 12.0. The van der Waals surface area contributed by atoms with E-state index in [1.165, 1.54) is 0 Å². The van der Waals surface area contributed by atoms with Crippen molar-refractivity contribution in [2.24, 2.45) is 5.92 Å². The fourth-order valence-electron chi connectivity index (χ4n) is 4.55. The van der Waals surface area contributed by atoms with Gasteiger partial charge in [0.1, 0.15) is 12.2 Å². The number of benzene rings is 3. The highest BCUT2D eigenvalue weighted by atomic mass is 16.7. The van der Waals surface area contributed by atoms with E-state index in [2.05, 4.69) is 5.32 Å². The lowest BCUT2D eigenvalue weighted by molar-refractivity contribution is 0.174. The van der Waals surface area contributed by atoms with Crippen molar-refractivity contribution in [3.8, 4) is 28.6 Å². The molecule has 182 valence electrons. The van der Waals surface area contributed by atoms with Crippen molar-refractivity contribution in [1.29, 1.82) is 5.41 Å². The van der Waals surface area contributed by atoms with Crippen LogP contribution in [0, 0.1) is 11.3 Å². The van der Waals surface area contributed by atoms with E-state index in [0.29, 0.717) is 45.4 Å². The van der Waals surface area contributed by atoms with Gasteiger partial charge in [-0.2, -0.15) is 0 Å². The van der Waals surface area contributed by atoms with Crippen LogP contribution < -0.4 is 25.0 Å². The molecule has 36 heavy (non-hydrogen) atoms. The van der Waals surface area contributed by atoms with Gasteiger partial charge in [-0.1, -0.05) is 30.3 Å². The highest BCUT2D eigenvalue weighted by molar-refractivity contribution is 5.89. The third-order valence-electron chi connectivity index (χ3n) is 6.59. The van der Waals surface area contributed by atoms with Gasteiger partial charge < -0.3 is 29.4 Å². The summed E-state index contributed by atoms with van der Waals surface area (Å²) < 4.78 is 23.4. The van der Waals surface area contributed by atoms with E-state index in [9.17, 15) is 4.79 Å². The summed E-state index contributed by atoms with van der Waals surface area (Å²) in [6.07, 6.45) is 2.22. The van der Waals surface area contributed by atoms with Gasteiger partial charge >= 0.3 is 0 Å². The van der Waals surface area contributed by atoms with Gasteiger partial charge in [0.2, 0.25) is 18.0 Å². The van der Waals surface area contributed by atoms with Crippen LogP contribution in [0.5, 0.6) is 17.2 Å². The molecule has 0 spiro atoms. The lowest BCUT2D eigenvalue weighted by Crippen LogP contribution is -2.29. The Kier molecular flexibility index (Phi) is 5.60. The summed E-state index contributed by atoms with van der Waals surface area (Å²) in [6.45, 7) is 2.20. The molecule has 3 aromatic carbocycles. The van der Waals surface area contributed by atoms with Crippen LogP contribution in [0.2, 0.25) is 0 Å². The average Bonchev–Trinajstić information content (AvgIpc) is 3.62. The molecule has 2 aliphatic rings. The Morgan fingerprint density at radius 3 is 2.64 bits per heavy atom. The predicted molar refractivity (Wildman–Crippen MR) is 138 cm³/mol. The molecular weight excluding hydrogens is 456 g/mol. The maximum atomic E-state index is 13.8. The minimum absolute atomic E-state index is 0.0313. The lowest BCUT2D eigenvalue weighted by atomic mass is 10.1. The molecule has 2 heterocycles. The molecule has 0 bridgehead atoms. The molecule has 1 aliphatic heterocycles. The lowest BCUT2D eigenvalue weighted by Gasteiger charge is -2.19. The van der Waals surface area contributed by atoms with E-state index < -0.39 is 0 Å². The Morgan fingerprint density at radius 2 is 1.86 bits per heavy atom. The summed E-state index contributed by atoms with van der Waals surface area (Å²) in [5.41, 5.74) is 3.19. The van der Waals surface area contributed by atoms with Crippen LogP contribution in [0.3, 0.4) is 0 Å². The first-order chi connectivity index (χ1) is 17.6. The van der Waals surface area contributed by atoms with E-state index in [4.69, 9.17) is 24.0 Å². The van der Waals surface area contributed by atoms with Crippen LogP contribution in [0.15, 0.2) is 75.9 Å². The maximum absolute atomic E-state index is 13.8. The summed E-state index contributed by atoms with van der Waals surface area (Å²) >= 11 is 0. The Balaban J connectivity index is 1.43. The second-order valence-corrected chi connectivity index (χ2v) is 9.29. The molecule has 1 saturated carbocycles. The quantitative estimate of drug-likeness (QED) is 0.299. The zero-order valence-corrected chi connectivity index (χ0v) is 19.9. The average molecular weight is 483 g/mol. The smallest absolute Gasteiger partial charge is 0.235 e. The number of ether oxygens (including phenoxy) is 3. The van der Waals surface area contributed by atoms with E-state index in [1.54, 1.807) is 24.3 Å². The molecule has 1 unspecified atom stereocenters. The number of hydrogen-bond acceptors (Lipinski definition) is 7. The molecule has 1 aromatic heterocycles. The van der Waals surface area contributed by atoms with Crippen LogP contribution in [0.4, 0.5) is 5.69 Å². The molecule has 7 heteroatoms. The maximum Gasteiger partial charge on any atom is 0.235 e. The van der Waals surface area contributed by atoms with E-state index in [0.717, 1.165) is 24.1 Å². The van der Waals surface area contributed by atoms with Crippen molar-refractivity contribution in [3.63, 3.8) is 0 Å². The molecule has 1 aliphatic carbocycles. The fraction of sp³-hybridized carbons (Fsp3) is 0.241. The number of fused-ring (bicyclic) bond motifs is 2. The van der Waals surface area contributed by atoms with Gasteiger partial charge in [-0.05, 0) is 67.6 Å². The fourth-order valence-corrected chi connectivity index (χ4v) is 4.55. The first-order valence-corrected chi connectivity index (χ1v) is 12.1. The van der Waals surface area contributed by atoms with Gasteiger partial charge in [0.15, 0.2) is 17.3 Å². The number of nitrogens with one attached hydrogen (secondary N) is 2. The van der Waals surface area contributed by atoms with Crippen LogP contribution in [-0.4, -0.2) is 18.5 Å². The minimum Gasteiger partial charge on any atom is -0.481 e. The second-order valence-electron chi connectivity index (χ2n) is 9.29. The highest BCUT2D eigenvalue weighted by Gasteiger charge is 2.32. The first-order valence-electron chi connectivity index (χ1n) is 12.1. The third-order valence-corrected chi connectivity index (χ3v) is 6.59. The monoisotopic (exact) mass is 482 g/mol. The Hall–Kier alpha value is -4.26. The third kappa shape index (κ3) is 4.28. The molecular formula is C29H26N2O5. The van der Waals surface area contributed by atoms with Crippen LogP contribution in [-0.2, 0) is 6.61 Å². The number of hydrogen-bond donors (Lipinski definition) is 2. The number of rotatable bonds is 8. The van der Waals surface area contributed by atoms with E-state index >= 15 is 0 Å². The Bertz CT molecular complexity index is 1510. The molecule has 2 N–H and O–H groups in total. The zero-order chi connectivity index (χ0) is 24.6. The van der Waals surface area contributed by atoms with Crippen molar-refractivity contribution in [3.05, 3.63) is 82.5 Å². The molecule has 1 fully saturated rings. The topological polar surface area (TPSA) is 93.8 Å². The van der Waals surface area contributed by atoms with Crippen LogP contribution in [0.25, 0.3) is 22.3 Å². The second kappa shape index (κ2) is 9.07. The standard InChI is InChI=1S/C29H26N2O5/c1-17(30)26(19-7-8-19)31-21-10-12-23-22(14-21)27(32)29(33-15-18-5-3-2-4-6-18)28(36-23)20-9-11-24-25(13-20)35-16-34-24/h2-6,9-14,19,26,30-31H,7-8,15-16H2,1H3. The number of anilines is 1. The van der Waals surface area contributed by atoms with Gasteiger partial charge in [-0.3, -0.25) is 4.79 Å². The van der Waals surface area contributed by atoms with Gasteiger partial charge in [-0.15, -0.1) is 0 Å². The molecule has 0 saturated heterocycles. The largest absolute Gasteiger partial charge is 0.481 e. The van der Waals surface area contributed by atoms with Gasteiger partial charge in [0, 0.05) is 17.0 Å². The Labute approximate surface area is 208 Å². The molecule has 0 radical (unpaired) electrons. The molecule has 1 atom stereocenters. The van der Waals surface area contributed by atoms with Gasteiger partial charge in [0.25, 0.3) is 0 Å². The highest BCUT2D eigenvalue weighted by Crippen LogP contribution is 2.40. The predicted octanol–water partition coefficient (Wildman–Crippen LogP) is 6.00. The normalized spacial score (nSPS) is 15.0. The van der Waals surface area contributed by atoms with E-state index in [1.807, 2.05) is 49.4 Å². The summed E-state index contributed by atoms with van der Waals surface area (Å²) in [5.74, 6) is 2.19. The zero-order valence-electron chi connectivity index (χ0n) is 19.9. The van der Waals surface area contributed by atoms with Crippen molar-refractivity contribution < 1.29 is 18.6 Å². The molecule has 6 rings (SSSR count). The van der Waals surface area contributed by atoms with Crippen LogP contribution >= 0.6 is 0 Å². The molecule has 7 nitrogen and oxygen atoms in total. The minimum atomic E-state index is -0.252. The van der Waals surface area contributed by atoms with E-state index in [-0.39, 0.29) is 30.6 Å². The molecule has 4 aromatic rings. The van der Waals surface area contributed by atoms with Gasteiger partial charge in [-0.25, -0.2) is 0 Å². The van der Waals surface area contributed by atoms with Crippen molar-refractivity contribution in [1.82, 2.24) is 0 Å². The SMILES string of the molecule is CC(=N)C(Nc1ccc2oc(-c3ccc4c(c3)OCO4)c(OCc3ccccc3)c(=O)c2c1)C1CC1. The summed E-state index contributed by atoms with van der Waals surface area (Å²) in [7, 11) is 0. The Morgan fingerprint density at radius 1 is 1.06 bits per heavy atom. The molecule has 0 amide bonds. The van der Waals surface area contributed by atoms with Crippen molar-refractivity contribution >= 4 is 22.4 Å². The van der Waals surface area contributed by atoms with Crippen molar-refractivity contribution in [2.45, 2.75) is 32.4 Å². The first kappa shape index (κ1) is 22.2. The van der Waals surface area contributed by atoms with Gasteiger partial charge in [0.05, 0.1) is 11.4 Å². The van der Waals surface area contributed by atoms with Crippen LogP contribution in [0.1, 0.15) is 25.3 Å². The van der Waals surface area contributed by atoms with Crippen molar-refractivity contribution in [2.75, 3.05) is 12.1 Å². The summed E-state index contributed by atoms with van der Waals surface area (Å²) in [6, 6.07) is 20.6.